The number of imidazole rings is 1. The lowest BCUT2D eigenvalue weighted by Crippen LogP contribution is -2.30. The normalized spacial score (nSPS) is 17.4. The maximum Gasteiger partial charge on any atom is 0.227 e. The van der Waals surface area contributed by atoms with Crippen molar-refractivity contribution in [2.45, 2.75) is 25.7 Å². The van der Waals surface area contributed by atoms with E-state index in [9.17, 15) is 4.79 Å². The summed E-state index contributed by atoms with van der Waals surface area (Å²) in [5, 5.41) is 2.40. The molecule has 1 atom stereocenters. The van der Waals surface area contributed by atoms with E-state index in [4.69, 9.17) is 0 Å². The highest BCUT2D eigenvalue weighted by molar-refractivity contribution is 5.85. The van der Waals surface area contributed by atoms with Crippen LogP contribution in [0.4, 0.5) is 0 Å². The Hall–Kier alpha value is -2.62. The van der Waals surface area contributed by atoms with E-state index in [1.807, 2.05) is 31.0 Å². The van der Waals surface area contributed by atoms with Crippen molar-refractivity contribution in [2.75, 3.05) is 13.1 Å². The maximum atomic E-state index is 12.7. The molecule has 25 heavy (non-hydrogen) atoms. The highest BCUT2D eigenvalue weighted by atomic mass is 16.2. The molecule has 4 heteroatoms. The molecule has 0 spiro atoms. The van der Waals surface area contributed by atoms with Crippen LogP contribution in [-0.4, -0.2) is 33.4 Å². The first-order valence-corrected chi connectivity index (χ1v) is 8.85. The average Bonchev–Trinajstić information content (AvgIpc) is 3.21. The van der Waals surface area contributed by atoms with Crippen molar-refractivity contribution >= 4 is 16.7 Å². The predicted molar refractivity (Wildman–Crippen MR) is 99.5 cm³/mol. The Balaban J connectivity index is 1.45. The molecule has 4 nitrogen and oxygen atoms in total. The molecule has 0 aliphatic carbocycles. The molecule has 1 saturated heterocycles. The van der Waals surface area contributed by atoms with Gasteiger partial charge in [-0.2, -0.15) is 0 Å². The summed E-state index contributed by atoms with van der Waals surface area (Å²) in [6, 6.07) is 14.6. The van der Waals surface area contributed by atoms with E-state index in [1.165, 1.54) is 10.8 Å². The topological polar surface area (TPSA) is 38.1 Å². The number of carbonyl (C=O) groups excluding carboxylic acids is 1. The van der Waals surface area contributed by atoms with Gasteiger partial charge in [-0.15, -0.1) is 0 Å². The first kappa shape index (κ1) is 15.9. The Morgan fingerprint density at radius 2 is 2.00 bits per heavy atom. The molecule has 0 unspecified atom stereocenters. The van der Waals surface area contributed by atoms with E-state index < -0.39 is 0 Å². The molecule has 2 heterocycles. The molecular formula is C21H23N3O. The summed E-state index contributed by atoms with van der Waals surface area (Å²) in [7, 11) is 2.04. The van der Waals surface area contributed by atoms with Gasteiger partial charge in [0, 0.05) is 32.3 Å². The molecule has 4 rings (SSSR count). The molecule has 1 aromatic heterocycles. The van der Waals surface area contributed by atoms with Crippen molar-refractivity contribution in [2.24, 2.45) is 7.05 Å². The van der Waals surface area contributed by atoms with E-state index in [2.05, 4.69) is 46.1 Å². The Labute approximate surface area is 148 Å². The van der Waals surface area contributed by atoms with Gasteiger partial charge in [-0.1, -0.05) is 42.5 Å². The van der Waals surface area contributed by atoms with E-state index in [-0.39, 0.29) is 5.91 Å². The third-order valence-corrected chi connectivity index (χ3v) is 5.11. The van der Waals surface area contributed by atoms with Gasteiger partial charge < -0.3 is 9.47 Å². The van der Waals surface area contributed by atoms with E-state index >= 15 is 0 Å². The molecular weight excluding hydrogens is 310 g/mol. The lowest BCUT2D eigenvalue weighted by atomic mass is 10.0. The summed E-state index contributed by atoms with van der Waals surface area (Å²) >= 11 is 0. The van der Waals surface area contributed by atoms with Crippen molar-refractivity contribution < 1.29 is 4.79 Å². The van der Waals surface area contributed by atoms with Gasteiger partial charge in [0.15, 0.2) is 0 Å². The van der Waals surface area contributed by atoms with Gasteiger partial charge >= 0.3 is 0 Å². The molecule has 2 aromatic carbocycles. The van der Waals surface area contributed by atoms with Crippen LogP contribution in [-0.2, 0) is 18.3 Å². The maximum absolute atomic E-state index is 12.7. The minimum atomic E-state index is 0.212. The quantitative estimate of drug-likeness (QED) is 0.736. The SMILES string of the molecule is Cc1cn(C)c([C@H]2CCN(C(=O)Cc3ccc4ccccc4c3)C2)n1. The molecule has 0 bridgehead atoms. The number of fused-ring (bicyclic) bond motifs is 1. The van der Waals surface area contributed by atoms with Crippen LogP contribution in [0.3, 0.4) is 0 Å². The second kappa shape index (κ2) is 6.36. The Morgan fingerprint density at radius 3 is 2.76 bits per heavy atom. The smallest absolute Gasteiger partial charge is 0.227 e. The number of hydrogen-bond donors (Lipinski definition) is 0. The van der Waals surface area contributed by atoms with E-state index in [0.717, 1.165) is 36.6 Å². The van der Waals surface area contributed by atoms with Gasteiger partial charge in [-0.3, -0.25) is 4.79 Å². The van der Waals surface area contributed by atoms with Crippen LogP contribution < -0.4 is 0 Å². The molecule has 0 saturated carbocycles. The highest BCUT2D eigenvalue weighted by Crippen LogP contribution is 2.27. The number of carbonyl (C=O) groups is 1. The number of amides is 1. The summed E-state index contributed by atoms with van der Waals surface area (Å²) < 4.78 is 2.09. The number of likely N-dealkylation sites (tertiary alicyclic amines) is 1. The van der Waals surface area contributed by atoms with Gasteiger partial charge in [-0.05, 0) is 29.7 Å². The second-order valence-electron chi connectivity index (χ2n) is 7.04. The number of nitrogens with zero attached hydrogens (tertiary/aromatic N) is 3. The number of aromatic nitrogens is 2. The zero-order valence-electron chi connectivity index (χ0n) is 14.8. The lowest BCUT2D eigenvalue weighted by molar-refractivity contribution is -0.129. The Morgan fingerprint density at radius 1 is 1.20 bits per heavy atom. The summed E-state index contributed by atoms with van der Waals surface area (Å²) in [5.74, 6) is 1.65. The Bertz CT molecular complexity index is 928. The number of hydrogen-bond acceptors (Lipinski definition) is 2. The monoisotopic (exact) mass is 333 g/mol. The first-order chi connectivity index (χ1) is 12.1. The van der Waals surface area contributed by atoms with Crippen molar-refractivity contribution in [3.05, 3.63) is 65.7 Å². The summed E-state index contributed by atoms with van der Waals surface area (Å²) in [5.41, 5.74) is 2.12. The van der Waals surface area contributed by atoms with E-state index in [1.54, 1.807) is 0 Å². The fraction of sp³-hybridized carbons (Fsp3) is 0.333. The van der Waals surface area contributed by atoms with Crippen LogP contribution in [0, 0.1) is 6.92 Å². The van der Waals surface area contributed by atoms with Crippen LogP contribution in [0.25, 0.3) is 10.8 Å². The number of rotatable bonds is 3. The van der Waals surface area contributed by atoms with Gasteiger partial charge in [-0.25, -0.2) is 4.98 Å². The fourth-order valence-electron chi connectivity index (χ4n) is 3.85. The van der Waals surface area contributed by atoms with E-state index in [0.29, 0.717) is 12.3 Å². The van der Waals surface area contributed by atoms with Gasteiger partial charge in [0.25, 0.3) is 0 Å². The van der Waals surface area contributed by atoms with Crippen LogP contribution in [0.1, 0.15) is 29.4 Å². The van der Waals surface area contributed by atoms with Crippen molar-refractivity contribution in [1.29, 1.82) is 0 Å². The van der Waals surface area contributed by atoms with Gasteiger partial charge in [0.1, 0.15) is 5.82 Å². The summed E-state index contributed by atoms with van der Waals surface area (Å²) in [6.07, 6.45) is 3.51. The molecule has 0 radical (unpaired) electrons. The van der Waals surface area contributed by atoms with Crippen molar-refractivity contribution in [1.82, 2.24) is 14.5 Å². The minimum absolute atomic E-state index is 0.212. The van der Waals surface area contributed by atoms with Crippen molar-refractivity contribution in [3.63, 3.8) is 0 Å². The van der Waals surface area contributed by atoms with Crippen LogP contribution in [0.2, 0.25) is 0 Å². The first-order valence-electron chi connectivity index (χ1n) is 8.85. The molecule has 128 valence electrons. The molecule has 1 fully saturated rings. The zero-order valence-corrected chi connectivity index (χ0v) is 14.8. The van der Waals surface area contributed by atoms with Crippen LogP contribution >= 0.6 is 0 Å². The average molecular weight is 333 g/mol. The van der Waals surface area contributed by atoms with Crippen molar-refractivity contribution in [3.8, 4) is 0 Å². The molecule has 0 N–H and O–H groups in total. The lowest BCUT2D eigenvalue weighted by Gasteiger charge is -2.17. The largest absolute Gasteiger partial charge is 0.342 e. The Kier molecular flexibility index (Phi) is 4.04. The van der Waals surface area contributed by atoms with Crippen LogP contribution in [0.5, 0.6) is 0 Å². The zero-order chi connectivity index (χ0) is 17.4. The fourth-order valence-corrected chi connectivity index (χ4v) is 3.85. The number of benzene rings is 2. The highest BCUT2D eigenvalue weighted by Gasteiger charge is 2.29. The third-order valence-electron chi connectivity index (χ3n) is 5.11. The summed E-state index contributed by atoms with van der Waals surface area (Å²) in [6.45, 7) is 3.61. The standard InChI is InChI=1S/C21H23N3O/c1-15-13-23(2)21(22-15)19-9-10-24(14-19)20(25)12-16-7-8-17-5-3-4-6-18(17)11-16/h3-8,11,13,19H,9-10,12,14H2,1-2H3/t19-/m0/s1. The third kappa shape index (κ3) is 3.16. The number of aryl methyl sites for hydroxylation is 2. The molecule has 1 amide bonds. The molecule has 3 aromatic rings. The molecule has 1 aliphatic rings. The van der Waals surface area contributed by atoms with Gasteiger partial charge in [0.05, 0.1) is 12.1 Å². The summed E-state index contributed by atoms with van der Waals surface area (Å²) in [4.78, 5) is 19.3. The minimum Gasteiger partial charge on any atom is -0.342 e. The predicted octanol–water partition coefficient (Wildman–Crippen LogP) is 3.44. The second-order valence-corrected chi connectivity index (χ2v) is 7.04. The molecule has 1 aliphatic heterocycles. The van der Waals surface area contributed by atoms with Crippen LogP contribution in [0.15, 0.2) is 48.7 Å². The van der Waals surface area contributed by atoms with Gasteiger partial charge in [0.2, 0.25) is 5.91 Å².